The van der Waals surface area contributed by atoms with Gasteiger partial charge in [-0.2, -0.15) is 0 Å². The molecule has 1 saturated carbocycles. The maximum atomic E-state index is 13.9. The van der Waals surface area contributed by atoms with E-state index in [1.807, 2.05) is 0 Å². The Labute approximate surface area is 141 Å². The molecule has 1 spiro atoms. The number of sulfonamides is 1. The number of aliphatic hydroxyl groups is 1. The fraction of sp³-hybridized carbons (Fsp3) is 0.625. The lowest BCUT2D eigenvalue weighted by Crippen LogP contribution is -2.49. The Morgan fingerprint density at radius 3 is 2.74 bits per heavy atom. The highest BCUT2D eigenvalue weighted by molar-refractivity contribution is 7.88. The van der Waals surface area contributed by atoms with Crippen molar-refractivity contribution in [1.82, 2.24) is 4.31 Å². The van der Waals surface area contributed by atoms with Crippen molar-refractivity contribution in [3.63, 3.8) is 0 Å². The van der Waals surface area contributed by atoms with Gasteiger partial charge >= 0.3 is 0 Å². The fourth-order valence-corrected chi connectivity index (χ4v) is 5.71. The Hall–Kier alpha value is -0.690. The van der Waals surface area contributed by atoms with E-state index in [-0.39, 0.29) is 21.8 Å². The molecular formula is C16H21ClFNO3S. The first kappa shape index (κ1) is 17.1. The van der Waals surface area contributed by atoms with Crippen LogP contribution >= 0.6 is 11.6 Å². The second-order valence-corrected chi connectivity index (χ2v) is 9.10. The van der Waals surface area contributed by atoms with Crippen molar-refractivity contribution in [2.45, 2.75) is 44.0 Å². The van der Waals surface area contributed by atoms with Crippen LogP contribution < -0.4 is 0 Å². The lowest BCUT2D eigenvalue weighted by molar-refractivity contribution is 0.0126. The van der Waals surface area contributed by atoms with Crippen LogP contribution in [0, 0.1) is 11.2 Å². The van der Waals surface area contributed by atoms with Gasteiger partial charge in [0.05, 0.1) is 11.9 Å². The third-order valence-corrected chi connectivity index (χ3v) is 7.19. The average Bonchev–Trinajstić information content (AvgIpc) is 2.83. The van der Waals surface area contributed by atoms with Gasteiger partial charge in [-0.25, -0.2) is 17.1 Å². The molecule has 1 aromatic rings. The predicted molar refractivity (Wildman–Crippen MR) is 87.1 cm³/mol. The van der Waals surface area contributed by atoms with Crippen molar-refractivity contribution in [2.75, 3.05) is 13.1 Å². The highest BCUT2D eigenvalue weighted by Crippen LogP contribution is 2.45. The molecule has 3 rings (SSSR count). The first-order valence-corrected chi connectivity index (χ1v) is 9.91. The molecule has 1 N–H and O–H groups in total. The number of benzene rings is 1. The molecule has 0 amide bonds. The summed E-state index contributed by atoms with van der Waals surface area (Å²) in [7, 11) is -3.62. The summed E-state index contributed by atoms with van der Waals surface area (Å²) in [5.74, 6) is -0.976. The molecule has 2 atom stereocenters. The maximum absolute atomic E-state index is 13.9. The smallest absolute Gasteiger partial charge is 0.218 e. The van der Waals surface area contributed by atoms with Crippen LogP contribution in [-0.4, -0.2) is 37.0 Å². The summed E-state index contributed by atoms with van der Waals surface area (Å²) in [6.07, 6.45) is 3.68. The summed E-state index contributed by atoms with van der Waals surface area (Å²) in [6.45, 7) is 0.776. The minimum atomic E-state index is -3.62. The van der Waals surface area contributed by atoms with Crippen LogP contribution in [0.4, 0.5) is 4.39 Å². The number of rotatable bonds is 3. The number of hydrogen-bond donors (Lipinski definition) is 1. The van der Waals surface area contributed by atoms with Gasteiger partial charge in [0, 0.05) is 29.1 Å². The van der Waals surface area contributed by atoms with Crippen molar-refractivity contribution in [3.8, 4) is 0 Å². The van der Waals surface area contributed by atoms with Crippen LogP contribution in [0.3, 0.4) is 0 Å². The summed E-state index contributed by atoms with van der Waals surface area (Å²) in [4.78, 5) is 0. The van der Waals surface area contributed by atoms with Crippen LogP contribution in [0.15, 0.2) is 18.2 Å². The number of nitrogens with zero attached hydrogens (tertiary/aromatic N) is 1. The molecule has 1 aliphatic carbocycles. The van der Waals surface area contributed by atoms with E-state index in [0.717, 1.165) is 38.2 Å². The monoisotopic (exact) mass is 361 g/mol. The van der Waals surface area contributed by atoms with Crippen LogP contribution in [-0.2, 0) is 15.8 Å². The molecule has 128 valence electrons. The van der Waals surface area contributed by atoms with E-state index in [9.17, 15) is 17.9 Å². The van der Waals surface area contributed by atoms with E-state index in [4.69, 9.17) is 11.6 Å². The molecule has 1 heterocycles. The van der Waals surface area contributed by atoms with E-state index < -0.39 is 21.9 Å². The molecule has 0 unspecified atom stereocenters. The minimum absolute atomic E-state index is 0.126. The molecule has 4 nitrogen and oxygen atoms in total. The minimum Gasteiger partial charge on any atom is -0.392 e. The van der Waals surface area contributed by atoms with Gasteiger partial charge in [0.1, 0.15) is 5.82 Å². The van der Waals surface area contributed by atoms with Gasteiger partial charge in [-0.3, -0.25) is 0 Å². The third-order valence-electron chi connectivity index (χ3n) is 5.18. The van der Waals surface area contributed by atoms with Crippen LogP contribution in [0.2, 0.25) is 5.02 Å². The molecular weight excluding hydrogens is 341 g/mol. The first-order valence-electron chi connectivity index (χ1n) is 7.92. The Balaban J connectivity index is 1.79. The average molecular weight is 362 g/mol. The van der Waals surface area contributed by atoms with Gasteiger partial charge in [-0.15, -0.1) is 0 Å². The SMILES string of the molecule is O=S(=O)(Cc1ccc(Cl)cc1F)N1CCC[C@]2(CCC[C@H]2O)C1. The van der Waals surface area contributed by atoms with Gasteiger partial charge < -0.3 is 5.11 Å². The molecule has 0 bridgehead atoms. The van der Waals surface area contributed by atoms with Crippen LogP contribution in [0.25, 0.3) is 0 Å². The zero-order valence-electron chi connectivity index (χ0n) is 12.8. The molecule has 2 fully saturated rings. The topological polar surface area (TPSA) is 57.6 Å². The lowest BCUT2D eigenvalue weighted by Gasteiger charge is -2.41. The van der Waals surface area contributed by atoms with E-state index in [1.54, 1.807) is 0 Å². The van der Waals surface area contributed by atoms with Crippen LogP contribution in [0.1, 0.15) is 37.7 Å². The molecule has 0 aromatic heterocycles. The zero-order valence-corrected chi connectivity index (χ0v) is 14.4. The maximum Gasteiger partial charge on any atom is 0.218 e. The Morgan fingerprint density at radius 2 is 2.09 bits per heavy atom. The zero-order chi connectivity index (χ0) is 16.7. The van der Waals surface area contributed by atoms with E-state index in [2.05, 4.69) is 0 Å². The molecule has 1 saturated heterocycles. The highest BCUT2D eigenvalue weighted by atomic mass is 35.5. The summed E-state index contributed by atoms with van der Waals surface area (Å²) in [6, 6.07) is 4.04. The molecule has 1 aromatic carbocycles. The largest absolute Gasteiger partial charge is 0.392 e. The van der Waals surface area contributed by atoms with Gasteiger partial charge in [-0.05, 0) is 37.8 Å². The van der Waals surface area contributed by atoms with Crippen molar-refractivity contribution in [3.05, 3.63) is 34.6 Å². The predicted octanol–water partition coefficient (Wildman–Crippen LogP) is 2.94. The summed E-state index contributed by atoms with van der Waals surface area (Å²) < 4.78 is 40.7. The standard InChI is InChI=1S/C16H21ClFNO3S/c17-13-5-4-12(14(18)9-13)10-23(21,22)19-8-2-7-16(11-19)6-1-3-15(16)20/h4-5,9,15,20H,1-3,6-8,10-11H2/t15-,16-/m1/s1. The summed E-state index contributed by atoms with van der Waals surface area (Å²) in [5.41, 5.74) is -0.190. The van der Waals surface area contributed by atoms with E-state index >= 15 is 0 Å². The van der Waals surface area contributed by atoms with Gasteiger partial charge in [0.25, 0.3) is 0 Å². The Morgan fingerprint density at radius 1 is 1.35 bits per heavy atom. The fourth-order valence-electron chi connectivity index (χ4n) is 3.88. The summed E-state index contributed by atoms with van der Waals surface area (Å²) >= 11 is 5.71. The quantitative estimate of drug-likeness (QED) is 0.900. The third kappa shape index (κ3) is 3.40. The Bertz CT molecular complexity index is 697. The van der Waals surface area contributed by atoms with Gasteiger partial charge in [-0.1, -0.05) is 24.1 Å². The van der Waals surface area contributed by atoms with Gasteiger partial charge in [0.2, 0.25) is 10.0 Å². The lowest BCUT2D eigenvalue weighted by atomic mass is 9.77. The molecule has 23 heavy (non-hydrogen) atoms. The number of aliphatic hydroxyl groups excluding tert-OH is 1. The van der Waals surface area contributed by atoms with E-state index in [1.165, 1.54) is 16.4 Å². The van der Waals surface area contributed by atoms with Crippen LogP contribution in [0.5, 0.6) is 0 Å². The molecule has 7 heteroatoms. The van der Waals surface area contributed by atoms with E-state index in [0.29, 0.717) is 13.1 Å². The first-order chi connectivity index (χ1) is 10.8. The number of halogens is 2. The number of hydrogen-bond acceptors (Lipinski definition) is 3. The van der Waals surface area contributed by atoms with Crippen molar-refractivity contribution >= 4 is 21.6 Å². The van der Waals surface area contributed by atoms with Crippen molar-refractivity contribution in [2.24, 2.45) is 5.41 Å². The second kappa shape index (κ2) is 6.31. The summed E-state index contributed by atoms with van der Waals surface area (Å²) in [5, 5.41) is 10.5. The highest BCUT2D eigenvalue weighted by Gasteiger charge is 2.46. The Kier molecular flexibility index (Phi) is 4.71. The van der Waals surface area contributed by atoms with Gasteiger partial charge in [0.15, 0.2) is 0 Å². The van der Waals surface area contributed by atoms with Crippen molar-refractivity contribution in [1.29, 1.82) is 0 Å². The molecule has 1 aliphatic heterocycles. The molecule has 0 radical (unpaired) electrons. The van der Waals surface area contributed by atoms with Crippen molar-refractivity contribution < 1.29 is 17.9 Å². The second-order valence-electron chi connectivity index (χ2n) is 6.70. The molecule has 2 aliphatic rings. The normalized spacial score (nSPS) is 29.3. The number of piperidine rings is 1.